The van der Waals surface area contributed by atoms with Crippen molar-refractivity contribution in [3.05, 3.63) is 73.9 Å². The number of unbranched alkanes of at least 4 members (excludes halogenated alkanes) is 1. The Labute approximate surface area is 385 Å². The van der Waals surface area contributed by atoms with E-state index in [2.05, 4.69) is 15.0 Å². The fourth-order valence-corrected chi connectivity index (χ4v) is 10.4. The summed E-state index contributed by atoms with van der Waals surface area (Å²) in [4.78, 5) is 109. The first-order valence-corrected chi connectivity index (χ1v) is 22.0. The van der Waals surface area contributed by atoms with E-state index in [0.717, 1.165) is 0 Å². The molecule has 0 aliphatic heterocycles. The lowest BCUT2D eigenvalue weighted by Gasteiger charge is -2.62. The summed E-state index contributed by atoms with van der Waals surface area (Å²) in [5, 5.41) is 33.5. The van der Waals surface area contributed by atoms with E-state index in [1.807, 2.05) is 0 Å². The third-order valence-corrected chi connectivity index (χ3v) is 13.4. The first kappa shape index (κ1) is 51.8. The topological polar surface area (TPSA) is 286 Å². The highest BCUT2D eigenvalue weighted by Crippen LogP contribution is 2.71. The summed E-state index contributed by atoms with van der Waals surface area (Å²) >= 11 is 0. The van der Waals surface area contributed by atoms with Gasteiger partial charge in [-0.1, -0.05) is 43.7 Å². The third kappa shape index (κ3) is 11.3. The van der Waals surface area contributed by atoms with Crippen molar-refractivity contribution in [2.24, 2.45) is 28.6 Å². The zero-order valence-corrected chi connectivity index (χ0v) is 38.3. The van der Waals surface area contributed by atoms with E-state index in [9.17, 15) is 54.1 Å². The zero-order valence-electron chi connectivity index (χ0n) is 38.3. The molecular formula is C45H58FN3O18. The van der Waals surface area contributed by atoms with Crippen molar-refractivity contribution in [3.63, 3.8) is 0 Å². The molecule has 0 spiro atoms. The van der Waals surface area contributed by atoms with Crippen LogP contribution in [0.4, 0.5) is 14.0 Å². The number of aliphatic hydroxyl groups excluding tert-OH is 1. The number of nitrogens with one attached hydrogen (secondary N) is 1. The van der Waals surface area contributed by atoms with Gasteiger partial charge in [-0.25, -0.2) is 18.8 Å². The Bertz CT molecular complexity index is 2140. The molecule has 0 heterocycles. The maximum Gasteiger partial charge on any atom is 0.514 e. The number of hydrogen-bond acceptors (Lipinski definition) is 18. The highest BCUT2D eigenvalue weighted by Gasteiger charge is 2.77. The molecule has 0 bridgehead atoms. The minimum atomic E-state index is -2.27. The number of carbonyl (C=O) groups is 6. The van der Waals surface area contributed by atoms with E-state index >= 15 is 4.39 Å². The van der Waals surface area contributed by atoms with Gasteiger partial charge >= 0.3 is 24.2 Å². The molecule has 1 amide bonds. The van der Waals surface area contributed by atoms with Crippen LogP contribution in [0.1, 0.15) is 98.5 Å². The van der Waals surface area contributed by atoms with E-state index in [1.54, 1.807) is 47.6 Å². The van der Waals surface area contributed by atoms with Crippen molar-refractivity contribution in [3.8, 4) is 5.75 Å². The van der Waals surface area contributed by atoms with Crippen LogP contribution in [0.5, 0.6) is 5.75 Å². The summed E-state index contributed by atoms with van der Waals surface area (Å²) < 4.78 is 45.2. The van der Waals surface area contributed by atoms with Gasteiger partial charge in [-0.15, -0.1) is 20.2 Å². The number of aliphatic hydroxyl groups is 1. The molecule has 4 aliphatic rings. The number of alkyl halides is 1. The minimum absolute atomic E-state index is 0.00531. The fraction of sp³-hybridized carbons (Fsp3) is 0.644. The summed E-state index contributed by atoms with van der Waals surface area (Å²) in [5.74, 6) is -5.22. The number of ketones is 2. The van der Waals surface area contributed by atoms with Gasteiger partial charge in [0.1, 0.15) is 17.4 Å². The van der Waals surface area contributed by atoms with Gasteiger partial charge in [0.25, 0.3) is 10.2 Å². The van der Waals surface area contributed by atoms with E-state index in [4.69, 9.17) is 23.7 Å². The van der Waals surface area contributed by atoms with Crippen molar-refractivity contribution < 1.29 is 81.8 Å². The van der Waals surface area contributed by atoms with Gasteiger partial charge in [0.2, 0.25) is 5.78 Å². The molecule has 2 fully saturated rings. The molecule has 1 aromatic rings. The lowest BCUT2D eigenvalue weighted by Crippen LogP contribution is -2.69. The van der Waals surface area contributed by atoms with Crippen LogP contribution in [0.2, 0.25) is 0 Å². The third-order valence-electron chi connectivity index (χ3n) is 13.4. The number of halogens is 1. The highest BCUT2D eigenvalue weighted by atomic mass is 19.1. The van der Waals surface area contributed by atoms with E-state index in [1.165, 1.54) is 36.4 Å². The summed E-state index contributed by atoms with van der Waals surface area (Å²) in [6.45, 7) is 8.10. The lowest BCUT2D eigenvalue weighted by molar-refractivity contribution is -0.757. The predicted molar refractivity (Wildman–Crippen MR) is 227 cm³/mol. The monoisotopic (exact) mass is 947 g/mol. The van der Waals surface area contributed by atoms with Crippen LogP contribution in [0.3, 0.4) is 0 Å². The van der Waals surface area contributed by atoms with Crippen LogP contribution in [-0.4, -0.2) is 106 Å². The Hall–Kier alpha value is -6.19. The Morgan fingerprint density at radius 3 is 2.24 bits per heavy atom. The number of ether oxygens (including phenoxy) is 5. The van der Waals surface area contributed by atoms with E-state index < -0.39 is 117 Å². The fourth-order valence-electron chi connectivity index (χ4n) is 10.4. The Morgan fingerprint density at radius 1 is 0.955 bits per heavy atom. The Kier molecular flexibility index (Phi) is 16.1. The number of nitrogens with zero attached hydrogens (tertiary/aromatic N) is 2. The first-order valence-electron chi connectivity index (χ1n) is 22.0. The van der Waals surface area contributed by atoms with Gasteiger partial charge in [0.15, 0.2) is 23.7 Å². The number of rotatable bonds is 20. The Balaban J connectivity index is 1.30. The van der Waals surface area contributed by atoms with Crippen LogP contribution in [0.25, 0.3) is 0 Å². The average Bonchev–Trinajstić information content (AvgIpc) is 3.45. The minimum Gasteiger partial charge on any atom is -0.464 e. The number of Topliss-reactive ketones (excluding diaryl/α,β-unsaturated/α-hetero) is 1. The maximum atomic E-state index is 17.9. The van der Waals surface area contributed by atoms with Crippen molar-refractivity contribution in [1.82, 2.24) is 5.32 Å². The van der Waals surface area contributed by atoms with Crippen molar-refractivity contribution in [2.75, 3.05) is 26.4 Å². The standard InChI is InChI=1S/C45H58FN3O18/c1-27-22-33-32-16-13-29-24-30(50)17-18-42(29,5)44(32,46)35(51)25-43(33,6)45(27,66-37(53)10-9-21-64-49(59)60)36(52)26-62-40(56)65-31-14-11-28(12-15-31)23-34(47-39(55)67-41(2,3)4)38(54)61-19-7-8-20-63-48(57)58/h11-15,17-18,27,32-35,51H,7-10,16,19-26H2,1-6H3,(H,47,55)/t27-,32?,33?,34-,35-,42-,43-,44-,45-/m0/s1. The molecule has 4 aliphatic carbocycles. The molecule has 0 saturated heterocycles. The molecule has 2 saturated carbocycles. The average molecular weight is 948 g/mol. The quantitative estimate of drug-likeness (QED) is 0.0305. The molecule has 21 nitrogen and oxygen atoms in total. The second-order valence-electron chi connectivity index (χ2n) is 18.8. The van der Waals surface area contributed by atoms with Gasteiger partial charge in [-0.05, 0) is 95.9 Å². The van der Waals surface area contributed by atoms with E-state index in [-0.39, 0.29) is 76.1 Å². The van der Waals surface area contributed by atoms with Crippen molar-refractivity contribution in [1.29, 1.82) is 0 Å². The molecule has 0 aromatic heterocycles. The van der Waals surface area contributed by atoms with E-state index in [0.29, 0.717) is 11.1 Å². The molecule has 2 unspecified atom stereocenters. The van der Waals surface area contributed by atoms with Gasteiger partial charge in [0, 0.05) is 41.9 Å². The summed E-state index contributed by atoms with van der Waals surface area (Å²) in [5.41, 5.74) is -6.98. The molecule has 1 aromatic carbocycles. The van der Waals surface area contributed by atoms with Gasteiger partial charge in [0.05, 0.1) is 25.9 Å². The molecule has 0 radical (unpaired) electrons. The van der Waals surface area contributed by atoms with Crippen molar-refractivity contribution >= 4 is 35.8 Å². The molecular weight excluding hydrogens is 889 g/mol. The summed E-state index contributed by atoms with van der Waals surface area (Å²) in [7, 11) is 0. The highest BCUT2D eigenvalue weighted by molar-refractivity contribution is 5.94. The summed E-state index contributed by atoms with van der Waals surface area (Å²) in [6, 6.07) is 4.44. The van der Waals surface area contributed by atoms with Gasteiger partial charge in [-0.2, -0.15) is 0 Å². The lowest BCUT2D eigenvalue weighted by atomic mass is 9.45. The van der Waals surface area contributed by atoms with Gasteiger partial charge in [-0.3, -0.25) is 14.4 Å². The first-order chi connectivity index (χ1) is 31.4. The second-order valence-corrected chi connectivity index (χ2v) is 18.8. The Morgan fingerprint density at radius 2 is 1.60 bits per heavy atom. The molecule has 22 heteroatoms. The maximum absolute atomic E-state index is 17.9. The number of allylic oxidation sites excluding steroid dienone is 4. The second kappa shape index (κ2) is 20.8. The number of hydrogen-bond donors (Lipinski definition) is 2. The smallest absolute Gasteiger partial charge is 0.464 e. The molecule has 9 atom stereocenters. The number of esters is 2. The van der Waals surface area contributed by atoms with Crippen molar-refractivity contribution in [2.45, 2.75) is 128 Å². The summed E-state index contributed by atoms with van der Waals surface area (Å²) in [6.07, 6.45) is 0.433. The van der Waals surface area contributed by atoms with Crippen LogP contribution >= 0.6 is 0 Å². The largest absolute Gasteiger partial charge is 0.514 e. The molecule has 368 valence electrons. The van der Waals surface area contributed by atoms with Crippen LogP contribution in [-0.2, 0) is 54.2 Å². The van der Waals surface area contributed by atoms with Crippen LogP contribution in [0.15, 0.2) is 48.1 Å². The predicted octanol–water partition coefficient (Wildman–Crippen LogP) is 5.63. The molecule has 67 heavy (non-hydrogen) atoms. The SMILES string of the molecule is C[C@H]1CC2C3CC=C4CC(=O)C=C[C@]4(C)[C@@]3(F)[C@@H](O)C[C@]2(C)[C@@]1(OC(=O)CCCO[N+](=O)[O-])C(=O)COC(=O)Oc1ccc(C[C@H](NC(=O)OC(C)(C)C)C(=O)OCCCCO[N+](=O)[O-])cc1. The number of benzene rings is 1. The zero-order chi connectivity index (χ0) is 49.5. The number of fused-ring (bicyclic) bond motifs is 5. The van der Waals surface area contributed by atoms with Crippen LogP contribution in [0, 0.1) is 48.8 Å². The van der Waals surface area contributed by atoms with Crippen LogP contribution < -0.4 is 10.1 Å². The number of alkyl carbamates (subject to hydrolysis) is 1. The number of amides is 1. The van der Waals surface area contributed by atoms with Gasteiger partial charge < -0.3 is 43.8 Å². The normalized spacial score (nSPS) is 28.8. The molecule has 2 N–H and O–H groups in total. The number of carbonyl (C=O) groups excluding carboxylic acids is 6. The molecule has 5 rings (SSSR count).